The van der Waals surface area contributed by atoms with Crippen molar-refractivity contribution in [2.45, 2.75) is 174 Å². The summed E-state index contributed by atoms with van der Waals surface area (Å²) in [5.74, 6) is -6.24. The summed E-state index contributed by atoms with van der Waals surface area (Å²) in [6.45, 7) is 37.7. The van der Waals surface area contributed by atoms with Crippen molar-refractivity contribution in [1.82, 2.24) is 0 Å². The molecular weight excluding hydrogens is 1810 g/mol. The minimum absolute atomic E-state index is 0.253. The topological polar surface area (TPSA) is 28.7 Å². The van der Waals surface area contributed by atoms with Crippen LogP contribution < -0.4 is 29.4 Å². The van der Waals surface area contributed by atoms with Crippen molar-refractivity contribution in [3.63, 3.8) is 0 Å². The molecule has 6 heterocycles. The fourth-order valence-corrected chi connectivity index (χ4v) is 24.2. The standard InChI is InChI=1S/C23H16F7NS.C22H19NS.C21H19NS.C17H19NOS.C16H17NS.C16H15NS/c1-21(24,25)14-5-9-17-19(11-14)32-20-12-15(22(2,26)27)6-10-18(20)31(17)16-7-3-13(4-8-16)23(28,29)30;1-4-17-7-9-18(10-8-17)23-19-11-5-15(2)13-21(19)24-22-14-16(3)6-12-20(22)23;1-14-4-8-17(9-5-14)22-18-10-6-15(2)12-20(18)23-21-13-16(3)7-11-19(21)22;1-12-4-6-14-16(10-12)20-17-11-13(2)5-7-15(17)18(14)8-9-19-3;2*1-4-17-13-7-5-11(2)9-15(13)18-16-10-12(3)6-8-14(16)17/h3-12H,1-2H3;4-14H,1H2,2-3H3;4-13H,1-3H3;4-7,10-11H,8-9H2,1-3H3;5-10H,4H2,1-3H3;4-10H,1H2,2-3H3. The molecule has 135 heavy (non-hydrogen) atoms. The zero-order chi connectivity index (χ0) is 95.6. The maximum absolute atomic E-state index is 13.9. The van der Waals surface area contributed by atoms with E-state index in [1.807, 2.05) is 71.1 Å². The van der Waals surface area contributed by atoms with Gasteiger partial charge in [0.05, 0.1) is 80.4 Å². The molecule has 20 heteroatoms. The van der Waals surface area contributed by atoms with Crippen LogP contribution in [0.5, 0.6) is 0 Å². The summed E-state index contributed by atoms with van der Waals surface area (Å²) < 4.78 is 99.8. The fourth-order valence-electron chi connectivity index (χ4n) is 16.7. The van der Waals surface area contributed by atoms with Crippen molar-refractivity contribution in [3.8, 4) is 0 Å². The Balaban J connectivity index is 0.000000119. The van der Waals surface area contributed by atoms with Gasteiger partial charge in [-0.15, -0.1) is 0 Å². The second kappa shape index (κ2) is 40.6. The molecule has 686 valence electrons. The maximum atomic E-state index is 13.9. The van der Waals surface area contributed by atoms with Crippen molar-refractivity contribution >= 4 is 162 Å². The highest BCUT2D eigenvalue weighted by Gasteiger charge is 2.36. The number of methoxy groups -OCH3 is 1. The molecule has 0 saturated heterocycles. The molecule has 0 saturated carbocycles. The maximum Gasteiger partial charge on any atom is 0.416 e. The minimum atomic E-state index is -4.52. The van der Waals surface area contributed by atoms with Crippen LogP contribution in [0.25, 0.3) is 6.08 Å². The van der Waals surface area contributed by atoms with Crippen molar-refractivity contribution in [1.29, 1.82) is 0 Å². The molecule has 21 rings (SSSR count). The van der Waals surface area contributed by atoms with Crippen LogP contribution in [0, 0.1) is 76.2 Å². The first-order chi connectivity index (χ1) is 64.6. The monoisotopic (exact) mass is 1910 g/mol. The number of hydrogen-bond acceptors (Lipinski definition) is 13. The van der Waals surface area contributed by atoms with E-state index < -0.39 is 23.6 Å². The summed E-state index contributed by atoms with van der Waals surface area (Å²) >= 11 is 10.4. The number of halogens is 7. The Morgan fingerprint density at radius 3 is 0.756 bits per heavy atom. The van der Waals surface area contributed by atoms with Crippen molar-refractivity contribution < 1.29 is 35.5 Å². The van der Waals surface area contributed by atoms with E-state index in [0.29, 0.717) is 26.9 Å². The molecule has 0 unspecified atom stereocenters. The van der Waals surface area contributed by atoms with Crippen molar-refractivity contribution in [3.05, 3.63) is 394 Å². The lowest BCUT2D eigenvalue weighted by atomic mass is 10.1. The van der Waals surface area contributed by atoms with Gasteiger partial charge in [0.2, 0.25) is 0 Å². The van der Waals surface area contributed by atoms with Crippen LogP contribution >= 0.6 is 70.6 Å². The molecular formula is C115H105F7N6OS6. The van der Waals surface area contributed by atoms with Gasteiger partial charge in [0.15, 0.2) is 0 Å². The average molecular weight is 1910 g/mol. The summed E-state index contributed by atoms with van der Waals surface area (Å²) in [7, 11) is 1.75. The first-order valence-corrected chi connectivity index (χ1v) is 49.5. The second-order valence-corrected chi connectivity index (χ2v) is 41.1. The number of alkyl halides is 7. The molecule has 0 spiro atoms. The number of aryl methyl sites for hydroxylation is 11. The summed E-state index contributed by atoms with van der Waals surface area (Å²) in [6, 6.07) is 96.3. The van der Waals surface area contributed by atoms with E-state index in [2.05, 4.69) is 351 Å². The molecule has 0 N–H and O–H groups in total. The van der Waals surface area contributed by atoms with E-state index in [4.69, 9.17) is 4.74 Å². The van der Waals surface area contributed by atoms with Gasteiger partial charge < -0.3 is 34.1 Å². The quantitative estimate of drug-likeness (QED) is 0.115. The van der Waals surface area contributed by atoms with Gasteiger partial charge in [-0.1, -0.05) is 192 Å². The Kier molecular flexibility index (Phi) is 29.0. The van der Waals surface area contributed by atoms with Crippen LogP contribution in [-0.2, 0) is 22.8 Å². The van der Waals surface area contributed by atoms with Gasteiger partial charge in [0, 0.05) is 127 Å². The van der Waals surface area contributed by atoms with E-state index in [1.54, 1.807) is 12.0 Å². The van der Waals surface area contributed by atoms with Crippen LogP contribution in [0.15, 0.2) is 369 Å². The number of rotatable bonds is 11. The van der Waals surface area contributed by atoms with Crippen LogP contribution in [-0.4, -0.2) is 26.8 Å². The van der Waals surface area contributed by atoms with Crippen molar-refractivity contribution in [2.75, 3.05) is 56.2 Å². The van der Waals surface area contributed by atoms with E-state index in [0.717, 1.165) is 63.0 Å². The molecule has 0 radical (unpaired) electrons. The summed E-state index contributed by atoms with van der Waals surface area (Å²) in [5, 5.41) is 0. The van der Waals surface area contributed by atoms with E-state index in [9.17, 15) is 30.7 Å². The Hall–Kier alpha value is -11.9. The Bertz CT molecular complexity index is 6650. The van der Waals surface area contributed by atoms with Gasteiger partial charge >= 0.3 is 6.18 Å². The Morgan fingerprint density at radius 1 is 0.274 bits per heavy atom. The third kappa shape index (κ3) is 21.5. The summed E-state index contributed by atoms with van der Waals surface area (Å²) in [6.07, 6.45) is -0.748. The highest BCUT2D eigenvalue weighted by atomic mass is 32.2. The fraction of sp³-hybridized carbons (Fsp3) is 0.183. The van der Waals surface area contributed by atoms with Gasteiger partial charge in [-0.3, -0.25) is 0 Å². The molecule has 15 aromatic carbocycles. The van der Waals surface area contributed by atoms with E-state index >= 15 is 0 Å². The molecule has 0 fully saturated rings. The molecule has 15 aromatic rings. The number of nitrogens with zero attached hydrogens (tertiary/aromatic N) is 6. The third-order valence-corrected chi connectivity index (χ3v) is 30.2. The van der Waals surface area contributed by atoms with Gasteiger partial charge in [0.25, 0.3) is 11.8 Å². The van der Waals surface area contributed by atoms with Crippen LogP contribution in [0.1, 0.15) is 104 Å². The average Bonchev–Trinajstić information content (AvgIpc) is 0.746. The van der Waals surface area contributed by atoms with Gasteiger partial charge in [-0.05, 0) is 338 Å². The Morgan fingerprint density at radius 2 is 0.496 bits per heavy atom. The summed E-state index contributed by atoms with van der Waals surface area (Å²) in [5.41, 5.74) is 30.5. The number of hydrogen-bond donors (Lipinski definition) is 0. The SMILES string of the molecule is C=CN1c2ccc(C)cc2Sc2cc(C)ccc21.C=Cc1ccc(N2c3ccc(C)cc3Sc3cc(C)ccc32)cc1.CC(F)(F)c1ccc2c(c1)Sc1cc(C(C)(F)F)ccc1N2c1ccc(C(F)(F)F)cc1.CCN1c2ccc(C)cc2Sc2cc(C)ccc21.COCCN1c2ccc(C)cc2Sc2cc(C)ccc21.Cc1ccc(N2c3ccc(C)cc3Sc3cc(C)ccc32)cc1. The van der Waals surface area contributed by atoms with Gasteiger partial charge in [0.1, 0.15) is 0 Å². The van der Waals surface area contributed by atoms with Crippen LogP contribution in [0.4, 0.5) is 116 Å². The first-order valence-electron chi connectivity index (χ1n) is 44.6. The Labute approximate surface area is 815 Å². The number of benzene rings is 15. The van der Waals surface area contributed by atoms with Gasteiger partial charge in [-0.2, -0.15) is 13.2 Å². The van der Waals surface area contributed by atoms with Crippen LogP contribution in [0.3, 0.4) is 0 Å². The number of ether oxygens (including phenoxy) is 1. The zero-order valence-corrected chi connectivity index (χ0v) is 83.0. The van der Waals surface area contributed by atoms with Crippen molar-refractivity contribution in [2.24, 2.45) is 0 Å². The van der Waals surface area contributed by atoms with Crippen LogP contribution in [0.2, 0.25) is 0 Å². The molecule has 0 amide bonds. The molecule has 6 aliphatic heterocycles. The molecule has 0 atom stereocenters. The smallest absolute Gasteiger partial charge is 0.383 e. The molecule has 0 aliphatic carbocycles. The second-order valence-electron chi connectivity index (χ2n) is 34.6. The number of fused-ring (bicyclic) bond motifs is 12. The largest absolute Gasteiger partial charge is 0.416 e. The molecule has 0 aromatic heterocycles. The highest BCUT2D eigenvalue weighted by Crippen LogP contribution is 2.58. The molecule has 0 bridgehead atoms. The number of anilines is 15. The normalized spacial score (nSPS) is 13.2. The predicted octanol–water partition coefficient (Wildman–Crippen LogP) is 36.8. The first kappa shape index (κ1) is 96.3. The molecule has 6 aliphatic rings. The van der Waals surface area contributed by atoms with E-state index in [1.165, 1.54) is 227 Å². The third-order valence-electron chi connectivity index (χ3n) is 23.7. The molecule has 7 nitrogen and oxygen atoms in total. The lowest BCUT2D eigenvalue weighted by molar-refractivity contribution is -0.137. The zero-order valence-electron chi connectivity index (χ0n) is 78.1. The van der Waals surface area contributed by atoms with Gasteiger partial charge in [-0.25, -0.2) is 17.6 Å². The summed E-state index contributed by atoms with van der Waals surface area (Å²) in [4.78, 5) is 27.3. The predicted molar refractivity (Wildman–Crippen MR) is 557 cm³/mol. The minimum Gasteiger partial charge on any atom is -0.383 e. The van der Waals surface area contributed by atoms with E-state index in [-0.39, 0.29) is 11.1 Å². The lowest BCUT2D eigenvalue weighted by Crippen LogP contribution is -2.24. The lowest BCUT2D eigenvalue weighted by Gasteiger charge is -2.34. The highest BCUT2D eigenvalue weighted by molar-refractivity contribution is 8.01.